The molecule has 1 atom stereocenters. The summed E-state index contributed by atoms with van der Waals surface area (Å²) >= 11 is -2.04. The maximum Gasteiger partial charge on any atom is 0.206 e. The van der Waals surface area contributed by atoms with E-state index in [1.807, 2.05) is 0 Å². The van der Waals surface area contributed by atoms with Crippen molar-refractivity contribution in [1.29, 1.82) is 0 Å². The summed E-state index contributed by atoms with van der Waals surface area (Å²) < 4.78 is 50.5. The first-order chi connectivity index (χ1) is 12.0. The lowest BCUT2D eigenvalue weighted by Gasteiger charge is -2.08. The molecular weight excluding hydrogens is 360 g/mol. The largest absolute Gasteiger partial charge is 0.457 e. The van der Waals surface area contributed by atoms with Gasteiger partial charge in [0.05, 0.1) is 14.7 Å². The molecule has 0 saturated carbocycles. The van der Waals surface area contributed by atoms with E-state index in [-0.39, 0.29) is 14.7 Å². The smallest absolute Gasteiger partial charge is 0.206 e. The Kier molecular flexibility index (Phi) is 4.98. The van der Waals surface area contributed by atoms with Crippen LogP contribution in [-0.4, -0.2) is 17.2 Å². The number of hydrogen-bond acceptors (Lipinski definition) is 4. The van der Waals surface area contributed by atoms with Crippen molar-refractivity contribution in [2.45, 2.75) is 14.7 Å². The fourth-order valence-corrected chi connectivity index (χ4v) is 3.83. The number of ether oxygens (including phenoxy) is 1. The Morgan fingerprint density at radius 3 is 1.72 bits per heavy atom. The molecule has 0 aliphatic carbocycles. The van der Waals surface area contributed by atoms with Gasteiger partial charge in [0.1, 0.15) is 11.5 Å². The van der Waals surface area contributed by atoms with Crippen LogP contribution in [0.4, 0.5) is 0 Å². The summed E-state index contributed by atoms with van der Waals surface area (Å²) in [6.45, 7) is 0. The lowest BCUT2D eigenvalue weighted by Crippen LogP contribution is -2.01. The highest BCUT2D eigenvalue weighted by Gasteiger charge is 2.17. The van der Waals surface area contributed by atoms with E-state index in [1.165, 1.54) is 24.3 Å². The van der Waals surface area contributed by atoms with E-state index in [4.69, 9.17) is 9.29 Å². The zero-order valence-corrected chi connectivity index (χ0v) is 14.5. The van der Waals surface area contributed by atoms with E-state index >= 15 is 0 Å². The van der Waals surface area contributed by atoms with Crippen LogP contribution in [0.2, 0.25) is 0 Å². The molecule has 0 saturated heterocycles. The van der Waals surface area contributed by atoms with Crippen molar-refractivity contribution >= 4 is 20.9 Å². The van der Waals surface area contributed by atoms with E-state index in [0.29, 0.717) is 11.5 Å². The first kappa shape index (κ1) is 17.3. The maximum absolute atomic E-state index is 12.5. The minimum Gasteiger partial charge on any atom is -0.457 e. The topological polar surface area (TPSA) is 80.7 Å². The molecule has 1 N–H and O–H groups in total. The van der Waals surface area contributed by atoms with Crippen LogP contribution in [0.25, 0.3) is 0 Å². The van der Waals surface area contributed by atoms with Crippen molar-refractivity contribution in [3.05, 3.63) is 78.9 Å². The quantitative estimate of drug-likeness (QED) is 0.685. The minimum absolute atomic E-state index is 0.178. The van der Waals surface area contributed by atoms with Gasteiger partial charge in [-0.1, -0.05) is 18.2 Å². The Hall–Kier alpha value is -2.48. The van der Waals surface area contributed by atoms with Gasteiger partial charge in [0.2, 0.25) is 9.84 Å². The molecule has 0 heterocycles. The molecule has 3 aromatic carbocycles. The molecule has 5 nitrogen and oxygen atoms in total. The average Bonchev–Trinajstić information content (AvgIpc) is 2.63. The number of benzene rings is 3. The van der Waals surface area contributed by atoms with Crippen LogP contribution in [0.15, 0.2) is 93.5 Å². The standard InChI is InChI=1S/C18H14O5S2/c19-24(20)16-10-6-14(7-11-16)23-15-8-12-18(13-9-15)25(21,22)17-4-2-1-3-5-17/h1-13H,(H,19,20). The van der Waals surface area contributed by atoms with Crippen LogP contribution in [0, 0.1) is 0 Å². The molecule has 0 radical (unpaired) electrons. The minimum atomic E-state index is -3.56. The van der Waals surface area contributed by atoms with Crippen LogP contribution in [0.3, 0.4) is 0 Å². The van der Waals surface area contributed by atoms with Crippen molar-refractivity contribution in [2.24, 2.45) is 0 Å². The second-order valence-corrected chi connectivity index (χ2v) is 8.03. The van der Waals surface area contributed by atoms with Crippen molar-refractivity contribution in [3.8, 4) is 11.5 Å². The van der Waals surface area contributed by atoms with E-state index in [9.17, 15) is 12.6 Å². The van der Waals surface area contributed by atoms with Gasteiger partial charge in [0.15, 0.2) is 11.1 Å². The highest BCUT2D eigenvalue weighted by molar-refractivity contribution is 7.91. The van der Waals surface area contributed by atoms with Gasteiger partial charge in [-0.3, -0.25) is 0 Å². The monoisotopic (exact) mass is 374 g/mol. The van der Waals surface area contributed by atoms with Crippen LogP contribution in [0.1, 0.15) is 0 Å². The van der Waals surface area contributed by atoms with Gasteiger partial charge in [0, 0.05) is 0 Å². The molecule has 25 heavy (non-hydrogen) atoms. The SMILES string of the molecule is O=S(O)c1ccc(Oc2ccc(S(=O)(=O)c3ccccc3)cc2)cc1. The molecule has 0 spiro atoms. The fraction of sp³-hybridized carbons (Fsp3) is 0. The zero-order valence-electron chi connectivity index (χ0n) is 12.9. The Morgan fingerprint density at radius 1 is 0.720 bits per heavy atom. The first-order valence-electron chi connectivity index (χ1n) is 7.26. The van der Waals surface area contributed by atoms with Crippen LogP contribution in [0.5, 0.6) is 11.5 Å². The zero-order chi connectivity index (χ0) is 17.9. The molecule has 0 amide bonds. The Morgan fingerprint density at radius 2 is 1.20 bits per heavy atom. The van der Waals surface area contributed by atoms with Crippen molar-refractivity contribution in [2.75, 3.05) is 0 Å². The summed E-state index contributed by atoms with van der Waals surface area (Å²) in [4.78, 5) is 0.685. The number of sulfone groups is 1. The van der Waals surface area contributed by atoms with Crippen LogP contribution in [-0.2, 0) is 20.9 Å². The molecule has 0 fully saturated rings. The summed E-state index contributed by atoms with van der Waals surface area (Å²) in [5, 5.41) is 0. The third-order valence-corrected chi connectivity index (χ3v) is 5.91. The number of hydrogen-bond donors (Lipinski definition) is 1. The second kappa shape index (κ2) is 7.18. The fourth-order valence-electron chi connectivity index (χ4n) is 2.18. The molecule has 1 unspecified atom stereocenters. The molecule has 0 aliphatic rings. The van der Waals surface area contributed by atoms with Gasteiger partial charge in [-0.25, -0.2) is 12.6 Å². The first-order valence-corrected chi connectivity index (χ1v) is 9.85. The molecule has 0 aliphatic heterocycles. The Labute approximate surface area is 148 Å². The van der Waals surface area contributed by atoms with E-state index < -0.39 is 20.9 Å². The van der Waals surface area contributed by atoms with Gasteiger partial charge in [0.25, 0.3) is 0 Å². The average molecular weight is 374 g/mol. The summed E-state index contributed by atoms with van der Waals surface area (Å²) in [6, 6.07) is 20.4. The molecule has 3 aromatic rings. The summed E-state index contributed by atoms with van der Waals surface area (Å²) in [6.07, 6.45) is 0. The van der Waals surface area contributed by atoms with Gasteiger partial charge in [-0.15, -0.1) is 0 Å². The predicted molar refractivity (Wildman–Crippen MR) is 93.9 cm³/mol. The van der Waals surface area contributed by atoms with Gasteiger partial charge in [-0.2, -0.15) is 0 Å². The lowest BCUT2D eigenvalue weighted by atomic mass is 10.3. The van der Waals surface area contributed by atoms with Crippen molar-refractivity contribution in [3.63, 3.8) is 0 Å². The van der Waals surface area contributed by atoms with Gasteiger partial charge in [-0.05, 0) is 60.7 Å². The van der Waals surface area contributed by atoms with Crippen LogP contribution < -0.4 is 4.74 Å². The molecule has 0 bridgehead atoms. The summed E-state index contributed by atoms with van der Waals surface area (Å²) in [5.41, 5.74) is 0. The second-order valence-electron chi connectivity index (χ2n) is 5.11. The molecule has 128 valence electrons. The Balaban J connectivity index is 1.79. The van der Waals surface area contributed by atoms with Crippen molar-refractivity contribution < 1.29 is 21.9 Å². The molecule has 3 rings (SSSR count). The van der Waals surface area contributed by atoms with Gasteiger partial charge >= 0.3 is 0 Å². The number of rotatable bonds is 5. The maximum atomic E-state index is 12.5. The van der Waals surface area contributed by atoms with E-state index in [2.05, 4.69) is 0 Å². The van der Waals surface area contributed by atoms with Crippen molar-refractivity contribution in [1.82, 2.24) is 0 Å². The molecular formula is C18H14O5S2. The predicted octanol–water partition coefficient (Wildman–Crippen LogP) is 3.89. The highest BCUT2D eigenvalue weighted by atomic mass is 32.2. The molecule has 0 aromatic heterocycles. The van der Waals surface area contributed by atoms with Crippen LogP contribution >= 0.6 is 0 Å². The summed E-state index contributed by atoms with van der Waals surface area (Å²) in [5.74, 6) is 0.942. The third kappa shape index (κ3) is 3.96. The Bertz CT molecular complexity index is 980. The normalized spacial score (nSPS) is 12.5. The summed E-state index contributed by atoms with van der Waals surface area (Å²) in [7, 11) is -3.56. The highest BCUT2D eigenvalue weighted by Crippen LogP contribution is 2.26. The third-order valence-electron chi connectivity index (χ3n) is 3.45. The molecule has 7 heteroatoms. The van der Waals surface area contributed by atoms with E-state index in [0.717, 1.165) is 0 Å². The van der Waals surface area contributed by atoms with E-state index in [1.54, 1.807) is 54.6 Å². The van der Waals surface area contributed by atoms with Gasteiger partial charge < -0.3 is 9.29 Å². The lowest BCUT2D eigenvalue weighted by molar-refractivity contribution is 0.481.